The summed E-state index contributed by atoms with van der Waals surface area (Å²) >= 11 is 0. The van der Waals surface area contributed by atoms with Crippen molar-refractivity contribution in [2.24, 2.45) is 15.9 Å². The van der Waals surface area contributed by atoms with Gasteiger partial charge in [0.2, 0.25) is 5.88 Å². The van der Waals surface area contributed by atoms with Crippen molar-refractivity contribution in [2.45, 2.75) is 43.7 Å². The number of rotatable bonds is 6. The molecule has 2 fully saturated rings. The highest BCUT2D eigenvalue weighted by atomic mass is 32.2. The molecule has 8 bridgehead atoms. The van der Waals surface area contributed by atoms with Gasteiger partial charge < -0.3 is 24.7 Å². The number of hydrogen-bond acceptors (Lipinski definition) is 10. The lowest BCUT2D eigenvalue weighted by atomic mass is 9.91. The number of likely N-dealkylation sites (tertiary alicyclic amines) is 1. The molecule has 2 aromatic rings. The summed E-state index contributed by atoms with van der Waals surface area (Å²) < 4.78 is 38.4. The molecule has 48 heavy (non-hydrogen) atoms. The summed E-state index contributed by atoms with van der Waals surface area (Å²) in [5, 5.41) is 5.23. The lowest BCUT2D eigenvalue weighted by Crippen LogP contribution is -2.42. The average molecular weight is 666 g/mol. The van der Waals surface area contributed by atoms with Crippen LogP contribution in [0.25, 0.3) is 12.2 Å². The van der Waals surface area contributed by atoms with Crippen molar-refractivity contribution >= 4 is 39.5 Å². The highest BCUT2D eigenvalue weighted by Crippen LogP contribution is 2.39. The SMILES string of the molecule is CS(=O)(=O)C1=C2C=CC(=N2)C=c2ccc([nH]2)=CC2=NC(=CC3(c4cc(OC5CCN(C(=O)OCC6CC6)CC5)ncn4)CC=C1N3)C=C2. The van der Waals surface area contributed by atoms with Gasteiger partial charge in [0.15, 0.2) is 9.84 Å². The second-order valence-corrected chi connectivity index (χ2v) is 14.9. The number of aromatic nitrogens is 3. The normalized spacial score (nSPS) is 23.5. The Morgan fingerprint density at radius 2 is 1.75 bits per heavy atom. The Morgan fingerprint density at radius 1 is 1.00 bits per heavy atom. The second-order valence-electron chi connectivity index (χ2n) is 12.9. The molecule has 2 N–H and O–H groups in total. The molecule has 1 atom stereocenters. The van der Waals surface area contributed by atoms with Crippen molar-refractivity contribution < 1.29 is 22.7 Å². The number of piperidine rings is 1. The summed E-state index contributed by atoms with van der Waals surface area (Å²) in [5.41, 5.74) is 2.54. The molecule has 1 aliphatic carbocycles. The minimum atomic E-state index is -3.71. The molecule has 5 aliphatic heterocycles. The highest BCUT2D eigenvalue weighted by molar-refractivity contribution is 7.94. The van der Waals surface area contributed by atoms with Crippen LogP contribution in [0.4, 0.5) is 4.79 Å². The molecule has 2 aromatic heterocycles. The van der Waals surface area contributed by atoms with E-state index in [2.05, 4.69) is 25.3 Å². The standard InChI is InChI=1S/C35H35N7O5S/c1-48(44,45)33-29-9-8-26(40-29)17-24-5-4-23(38-24)16-25-6-7-27(39-25)19-35(13-10-30(33)41-35)31-18-32(37-21-36-31)47-28-11-14-42(15-12-28)34(43)46-20-22-2-3-22/h4-10,16-19,21-22,28,38,41H,2-3,11-15,20H2,1H3. The largest absolute Gasteiger partial charge is 0.474 e. The molecule has 0 spiro atoms. The molecule has 0 aromatic carbocycles. The van der Waals surface area contributed by atoms with Gasteiger partial charge in [0.05, 0.1) is 40.8 Å². The van der Waals surface area contributed by atoms with Crippen LogP contribution in [0.1, 0.15) is 37.8 Å². The Bertz CT molecular complexity index is 2140. The number of carbonyl (C=O) groups is 1. The van der Waals surface area contributed by atoms with Gasteiger partial charge in [-0.1, -0.05) is 6.08 Å². The van der Waals surface area contributed by atoms with Crippen LogP contribution in [0.3, 0.4) is 0 Å². The maximum Gasteiger partial charge on any atom is 0.409 e. The third kappa shape index (κ3) is 6.29. The van der Waals surface area contributed by atoms with E-state index < -0.39 is 15.4 Å². The minimum absolute atomic E-state index is 0.106. The summed E-state index contributed by atoms with van der Waals surface area (Å²) in [7, 11) is -3.71. The molecule has 8 rings (SSSR count). The Hall–Kier alpha value is -5.04. The molecule has 1 saturated carbocycles. The average Bonchev–Trinajstić information content (AvgIpc) is 3.39. The number of amides is 1. The van der Waals surface area contributed by atoms with E-state index >= 15 is 0 Å². The summed E-state index contributed by atoms with van der Waals surface area (Å²) in [4.78, 5) is 36.2. The molecular formula is C35H35N7O5S. The number of carbonyl (C=O) groups excluding carboxylic acids is 1. The van der Waals surface area contributed by atoms with E-state index in [0.717, 1.165) is 29.3 Å². The molecule has 0 radical (unpaired) electrons. The third-order valence-electron chi connectivity index (χ3n) is 9.14. The molecule has 1 unspecified atom stereocenters. The first kappa shape index (κ1) is 30.3. The Labute approximate surface area is 277 Å². The van der Waals surface area contributed by atoms with Crippen LogP contribution in [-0.4, -0.2) is 77.8 Å². The fraction of sp³-hybridized carbons (Fsp3) is 0.343. The Balaban J connectivity index is 1.11. The van der Waals surface area contributed by atoms with Crippen LogP contribution >= 0.6 is 0 Å². The van der Waals surface area contributed by atoms with Gasteiger partial charge in [-0.3, -0.25) is 0 Å². The number of fused-ring (bicyclic) bond motifs is 6. The van der Waals surface area contributed by atoms with E-state index in [0.29, 0.717) is 79.3 Å². The van der Waals surface area contributed by atoms with Crippen molar-refractivity contribution in [3.05, 3.63) is 99.4 Å². The molecule has 246 valence electrons. The van der Waals surface area contributed by atoms with Crippen LogP contribution < -0.4 is 20.8 Å². The number of aromatic amines is 1. The number of aliphatic imine (C=N–C) groups is 2. The van der Waals surface area contributed by atoms with Gasteiger partial charge in [0.25, 0.3) is 0 Å². The lowest BCUT2D eigenvalue weighted by Gasteiger charge is -2.32. The van der Waals surface area contributed by atoms with E-state index in [1.54, 1.807) is 23.1 Å². The number of H-pyrrole nitrogens is 1. The topological polar surface area (TPSA) is 151 Å². The number of nitrogens with zero attached hydrogens (tertiary/aromatic N) is 5. The van der Waals surface area contributed by atoms with Crippen LogP contribution in [0.5, 0.6) is 5.88 Å². The number of nitrogens with one attached hydrogen (secondary N) is 2. The molecule has 13 heteroatoms. The molecule has 6 aliphatic rings. The molecule has 12 nitrogen and oxygen atoms in total. The summed E-state index contributed by atoms with van der Waals surface area (Å²) in [6.07, 6.45) is 21.3. The van der Waals surface area contributed by atoms with Gasteiger partial charge in [-0.2, -0.15) is 0 Å². The van der Waals surface area contributed by atoms with E-state index in [-0.39, 0.29) is 17.1 Å². The van der Waals surface area contributed by atoms with Crippen LogP contribution in [0.15, 0.2) is 93.0 Å². The van der Waals surface area contributed by atoms with Gasteiger partial charge in [0.1, 0.15) is 22.9 Å². The van der Waals surface area contributed by atoms with Gasteiger partial charge in [0, 0.05) is 55.4 Å². The van der Waals surface area contributed by atoms with E-state index in [4.69, 9.17) is 14.5 Å². The van der Waals surface area contributed by atoms with Gasteiger partial charge in [-0.25, -0.2) is 33.2 Å². The molecule has 7 heterocycles. The number of hydrogen-bond donors (Lipinski definition) is 2. The summed E-state index contributed by atoms with van der Waals surface area (Å²) in [5.74, 6) is 0.924. The fourth-order valence-electron chi connectivity index (χ4n) is 6.47. The monoisotopic (exact) mass is 665 g/mol. The van der Waals surface area contributed by atoms with E-state index in [1.165, 1.54) is 12.6 Å². The van der Waals surface area contributed by atoms with Crippen molar-refractivity contribution in [1.29, 1.82) is 0 Å². The lowest BCUT2D eigenvalue weighted by molar-refractivity contribution is 0.0639. The van der Waals surface area contributed by atoms with Gasteiger partial charge >= 0.3 is 6.09 Å². The zero-order valence-electron chi connectivity index (χ0n) is 26.4. The van der Waals surface area contributed by atoms with E-state index in [9.17, 15) is 13.2 Å². The Morgan fingerprint density at radius 3 is 2.50 bits per heavy atom. The molecule has 1 amide bonds. The van der Waals surface area contributed by atoms with Crippen molar-refractivity contribution in [3.63, 3.8) is 0 Å². The first-order chi connectivity index (χ1) is 23.2. The van der Waals surface area contributed by atoms with Crippen molar-refractivity contribution in [1.82, 2.24) is 25.2 Å². The highest BCUT2D eigenvalue weighted by Gasteiger charge is 2.40. The maximum absolute atomic E-state index is 13.3. The number of ether oxygens (including phenoxy) is 2. The van der Waals surface area contributed by atoms with E-state index in [1.807, 2.05) is 48.6 Å². The first-order valence-corrected chi connectivity index (χ1v) is 18.1. The van der Waals surface area contributed by atoms with Crippen LogP contribution in [-0.2, 0) is 20.1 Å². The third-order valence-corrected chi connectivity index (χ3v) is 10.3. The Kier molecular flexibility index (Phi) is 7.50. The van der Waals surface area contributed by atoms with Gasteiger partial charge in [-0.05, 0) is 73.4 Å². The fourth-order valence-corrected chi connectivity index (χ4v) is 7.50. The smallest absolute Gasteiger partial charge is 0.409 e. The quantitative estimate of drug-likeness (QED) is 0.478. The van der Waals surface area contributed by atoms with Crippen LogP contribution in [0, 0.1) is 5.92 Å². The van der Waals surface area contributed by atoms with Crippen molar-refractivity contribution in [3.8, 4) is 5.88 Å². The van der Waals surface area contributed by atoms with Gasteiger partial charge in [-0.15, -0.1) is 0 Å². The summed E-state index contributed by atoms with van der Waals surface area (Å²) in [6, 6.07) is 5.70. The predicted octanol–water partition coefficient (Wildman–Crippen LogP) is 2.70. The van der Waals surface area contributed by atoms with Crippen molar-refractivity contribution in [2.75, 3.05) is 26.0 Å². The first-order valence-electron chi connectivity index (χ1n) is 16.2. The summed E-state index contributed by atoms with van der Waals surface area (Å²) in [6.45, 7) is 1.59. The minimum Gasteiger partial charge on any atom is -0.474 e. The number of sulfone groups is 1. The molecular weight excluding hydrogens is 630 g/mol. The maximum atomic E-state index is 13.3. The number of allylic oxidation sites excluding steroid dienone is 4. The molecule has 1 saturated heterocycles. The predicted molar refractivity (Wildman–Crippen MR) is 181 cm³/mol. The zero-order chi connectivity index (χ0) is 32.9. The zero-order valence-corrected chi connectivity index (χ0v) is 27.2. The second kappa shape index (κ2) is 11.9. The van der Waals surface area contributed by atoms with Crippen LogP contribution in [0.2, 0.25) is 0 Å².